The molecule has 0 fully saturated rings. The number of rotatable bonds is 9. The van der Waals surface area contributed by atoms with Gasteiger partial charge in [0.15, 0.2) is 0 Å². The third kappa shape index (κ3) is 3.53. The number of likely N-dealkylation sites (N-methyl/N-ethyl adjacent to an activating group) is 1. The normalized spacial score (nSPS) is 12.8. The SMILES string of the molecule is CCCOc1ccccc1C(c1sc2ncnn2c1O)N(CC)CCO. The zero-order chi connectivity index (χ0) is 18.5. The number of fused-ring (bicyclic) bond motifs is 1. The van der Waals surface area contributed by atoms with Crippen LogP contribution in [0, 0.1) is 0 Å². The van der Waals surface area contributed by atoms with Crippen molar-refractivity contribution < 1.29 is 14.9 Å². The molecule has 2 aromatic heterocycles. The molecule has 0 amide bonds. The third-order valence-electron chi connectivity index (χ3n) is 4.22. The number of nitrogens with zero attached hydrogens (tertiary/aromatic N) is 4. The van der Waals surface area contributed by atoms with Crippen LogP contribution in [0.2, 0.25) is 0 Å². The van der Waals surface area contributed by atoms with Gasteiger partial charge in [-0.1, -0.05) is 43.4 Å². The minimum Gasteiger partial charge on any atom is -0.493 e. The van der Waals surface area contributed by atoms with Crippen molar-refractivity contribution in [2.45, 2.75) is 26.3 Å². The summed E-state index contributed by atoms with van der Waals surface area (Å²) in [6.45, 7) is 5.94. The molecular weight excluding hydrogens is 352 g/mol. The van der Waals surface area contributed by atoms with E-state index >= 15 is 0 Å². The number of ether oxygens (including phenoxy) is 1. The summed E-state index contributed by atoms with van der Waals surface area (Å²) in [6, 6.07) is 7.59. The highest BCUT2D eigenvalue weighted by Crippen LogP contribution is 2.42. The summed E-state index contributed by atoms with van der Waals surface area (Å²) in [5.41, 5.74) is 0.955. The second-order valence-corrected chi connectivity index (χ2v) is 6.89. The molecule has 0 radical (unpaired) electrons. The highest BCUT2D eigenvalue weighted by Gasteiger charge is 2.30. The first-order valence-corrected chi connectivity index (χ1v) is 9.60. The van der Waals surface area contributed by atoms with Crippen molar-refractivity contribution in [2.75, 3.05) is 26.3 Å². The molecule has 1 unspecified atom stereocenters. The van der Waals surface area contributed by atoms with Gasteiger partial charge < -0.3 is 14.9 Å². The lowest BCUT2D eigenvalue weighted by Gasteiger charge is -2.30. The molecule has 7 nitrogen and oxygen atoms in total. The molecule has 0 aliphatic rings. The Balaban J connectivity index is 2.12. The molecule has 1 atom stereocenters. The number of para-hydroxylation sites is 1. The van der Waals surface area contributed by atoms with Gasteiger partial charge in [-0.25, -0.2) is 4.98 Å². The van der Waals surface area contributed by atoms with Crippen molar-refractivity contribution in [2.24, 2.45) is 0 Å². The summed E-state index contributed by atoms with van der Waals surface area (Å²) in [5.74, 6) is 0.864. The molecule has 2 heterocycles. The average Bonchev–Trinajstić information content (AvgIpc) is 3.24. The summed E-state index contributed by atoms with van der Waals surface area (Å²) >= 11 is 1.40. The monoisotopic (exact) mass is 376 g/mol. The van der Waals surface area contributed by atoms with E-state index in [2.05, 4.69) is 21.9 Å². The zero-order valence-corrected chi connectivity index (χ0v) is 15.8. The predicted octanol–water partition coefficient (Wildman–Crippen LogP) is 2.69. The van der Waals surface area contributed by atoms with E-state index in [0.717, 1.165) is 22.6 Å². The van der Waals surface area contributed by atoms with Gasteiger partial charge in [0.1, 0.15) is 12.1 Å². The molecule has 0 saturated heterocycles. The van der Waals surface area contributed by atoms with Crippen LogP contribution < -0.4 is 4.74 Å². The second kappa shape index (κ2) is 8.48. The molecule has 3 aromatic rings. The Kier molecular flexibility index (Phi) is 6.08. The Morgan fingerprint density at radius 2 is 2.12 bits per heavy atom. The molecule has 26 heavy (non-hydrogen) atoms. The Hall–Kier alpha value is -2.16. The molecule has 140 valence electrons. The molecule has 8 heteroatoms. The van der Waals surface area contributed by atoms with Crippen LogP contribution in [-0.4, -0.2) is 56.0 Å². The third-order valence-corrected chi connectivity index (χ3v) is 5.31. The standard InChI is InChI=1S/C18H24N4O3S/c1-3-11-25-14-8-6-5-7-13(14)15(21(4-2)9-10-23)16-17(24)22-18(26-16)19-12-20-22/h5-8,12,15,23-24H,3-4,9-11H2,1-2H3. The van der Waals surface area contributed by atoms with E-state index < -0.39 is 0 Å². The van der Waals surface area contributed by atoms with Crippen molar-refractivity contribution in [3.8, 4) is 11.6 Å². The molecule has 0 aliphatic heterocycles. The molecular formula is C18H24N4O3S. The molecule has 3 rings (SSSR count). The minimum atomic E-state index is -0.256. The van der Waals surface area contributed by atoms with Crippen LogP contribution in [0.3, 0.4) is 0 Å². The number of aromatic nitrogens is 3. The summed E-state index contributed by atoms with van der Waals surface area (Å²) < 4.78 is 7.39. The summed E-state index contributed by atoms with van der Waals surface area (Å²) in [4.78, 5) is 7.67. The van der Waals surface area contributed by atoms with Crippen molar-refractivity contribution in [1.82, 2.24) is 19.5 Å². The van der Waals surface area contributed by atoms with Gasteiger partial charge >= 0.3 is 0 Å². The Bertz CT molecular complexity index is 848. The fourth-order valence-electron chi connectivity index (χ4n) is 3.02. The van der Waals surface area contributed by atoms with Gasteiger partial charge in [-0.2, -0.15) is 9.61 Å². The lowest BCUT2D eigenvalue weighted by atomic mass is 10.0. The first-order chi connectivity index (χ1) is 12.7. The van der Waals surface area contributed by atoms with Crippen LogP contribution in [-0.2, 0) is 0 Å². The average molecular weight is 376 g/mol. The number of hydrogen-bond donors (Lipinski definition) is 2. The van der Waals surface area contributed by atoms with Crippen LogP contribution in [0.25, 0.3) is 4.96 Å². The fraction of sp³-hybridized carbons (Fsp3) is 0.444. The number of hydrogen-bond acceptors (Lipinski definition) is 7. The van der Waals surface area contributed by atoms with Gasteiger partial charge in [0.2, 0.25) is 10.8 Å². The maximum absolute atomic E-state index is 10.7. The molecule has 0 spiro atoms. The van der Waals surface area contributed by atoms with Gasteiger partial charge in [-0.05, 0) is 19.0 Å². The Morgan fingerprint density at radius 1 is 1.31 bits per heavy atom. The number of aliphatic hydroxyl groups is 1. The summed E-state index contributed by atoms with van der Waals surface area (Å²) in [5, 5.41) is 24.3. The van der Waals surface area contributed by atoms with Crippen LogP contribution in [0.1, 0.15) is 36.8 Å². The predicted molar refractivity (Wildman–Crippen MR) is 101 cm³/mol. The first kappa shape index (κ1) is 18.6. The highest BCUT2D eigenvalue weighted by atomic mass is 32.1. The van der Waals surface area contributed by atoms with E-state index in [0.29, 0.717) is 24.7 Å². The van der Waals surface area contributed by atoms with Gasteiger partial charge in [0, 0.05) is 12.1 Å². The van der Waals surface area contributed by atoms with Gasteiger partial charge in [-0.3, -0.25) is 4.90 Å². The summed E-state index contributed by atoms with van der Waals surface area (Å²) in [6.07, 6.45) is 2.34. The number of benzene rings is 1. The van der Waals surface area contributed by atoms with Crippen LogP contribution in [0.15, 0.2) is 30.6 Å². The Labute approximate surface area is 156 Å². The largest absolute Gasteiger partial charge is 0.493 e. The van der Waals surface area contributed by atoms with Crippen LogP contribution in [0.5, 0.6) is 11.6 Å². The van der Waals surface area contributed by atoms with E-state index in [1.54, 1.807) is 0 Å². The van der Waals surface area contributed by atoms with E-state index in [1.807, 2.05) is 31.2 Å². The summed E-state index contributed by atoms with van der Waals surface area (Å²) in [7, 11) is 0. The number of aliphatic hydroxyl groups excluding tert-OH is 1. The number of thiazole rings is 1. The van der Waals surface area contributed by atoms with Gasteiger partial charge in [-0.15, -0.1) is 0 Å². The van der Waals surface area contributed by atoms with Gasteiger partial charge in [0.05, 0.1) is 24.1 Å². The number of aromatic hydroxyl groups is 1. The first-order valence-electron chi connectivity index (χ1n) is 8.79. The van der Waals surface area contributed by atoms with Gasteiger partial charge in [0.25, 0.3) is 0 Å². The molecule has 0 bridgehead atoms. The lowest BCUT2D eigenvalue weighted by molar-refractivity contribution is 0.171. The second-order valence-electron chi connectivity index (χ2n) is 5.89. The fourth-order valence-corrected chi connectivity index (χ4v) is 4.11. The van der Waals surface area contributed by atoms with Crippen molar-refractivity contribution in [3.05, 3.63) is 41.0 Å². The minimum absolute atomic E-state index is 0.0316. The maximum Gasteiger partial charge on any atom is 0.230 e. The molecule has 1 aromatic carbocycles. The Morgan fingerprint density at radius 3 is 2.81 bits per heavy atom. The smallest absolute Gasteiger partial charge is 0.230 e. The van der Waals surface area contributed by atoms with E-state index in [1.165, 1.54) is 22.2 Å². The van der Waals surface area contributed by atoms with Crippen molar-refractivity contribution >= 4 is 16.3 Å². The van der Waals surface area contributed by atoms with Crippen LogP contribution >= 0.6 is 11.3 Å². The molecule has 2 N–H and O–H groups in total. The highest BCUT2D eigenvalue weighted by molar-refractivity contribution is 7.17. The van der Waals surface area contributed by atoms with E-state index in [-0.39, 0.29) is 18.5 Å². The maximum atomic E-state index is 10.7. The quantitative estimate of drug-likeness (QED) is 0.597. The zero-order valence-electron chi connectivity index (χ0n) is 15.0. The lowest BCUT2D eigenvalue weighted by Crippen LogP contribution is -2.32. The molecule has 0 aliphatic carbocycles. The van der Waals surface area contributed by atoms with Crippen LogP contribution in [0.4, 0.5) is 0 Å². The molecule has 0 saturated carbocycles. The topological polar surface area (TPSA) is 83.1 Å². The van der Waals surface area contributed by atoms with Crippen molar-refractivity contribution in [1.29, 1.82) is 0 Å². The van der Waals surface area contributed by atoms with E-state index in [4.69, 9.17) is 4.74 Å². The van der Waals surface area contributed by atoms with E-state index in [9.17, 15) is 10.2 Å². The van der Waals surface area contributed by atoms with Crippen molar-refractivity contribution in [3.63, 3.8) is 0 Å².